The molecule has 1 atom stereocenters. The maximum Gasteiger partial charge on any atom is 0.228 e. The summed E-state index contributed by atoms with van der Waals surface area (Å²) < 4.78 is 5.83. The van der Waals surface area contributed by atoms with Crippen LogP contribution in [-0.4, -0.2) is 66.2 Å². The van der Waals surface area contributed by atoms with E-state index in [0.29, 0.717) is 6.54 Å². The summed E-state index contributed by atoms with van der Waals surface area (Å²) in [7, 11) is 0. The number of nitrogens with zero attached hydrogens (tertiary/aromatic N) is 2. The quantitative estimate of drug-likeness (QED) is 0.887. The number of rotatable bonds is 5. The van der Waals surface area contributed by atoms with Crippen LogP contribution < -0.4 is 4.74 Å². The van der Waals surface area contributed by atoms with E-state index in [9.17, 15) is 9.90 Å². The number of benzene rings is 1. The summed E-state index contributed by atoms with van der Waals surface area (Å²) in [4.78, 5) is 16.4. The van der Waals surface area contributed by atoms with E-state index in [2.05, 4.69) is 4.90 Å². The van der Waals surface area contributed by atoms with E-state index in [4.69, 9.17) is 4.74 Å². The van der Waals surface area contributed by atoms with Crippen LogP contribution in [0.25, 0.3) is 0 Å². The zero-order valence-corrected chi connectivity index (χ0v) is 16.2. The summed E-state index contributed by atoms with van der Waals surface area (Å²) >= 11 is 0. The van der Waals surface area contributed by atoms with Gasteiger partial charge in [0.05, 0.1) is 0 Å². The van der Waals surface area contributed by atoms with Crippen molar-refractivity contribution in [3.05, 3.63) is 29.3 Å². The number of amides is 1. The van der Waals surface area contributed by atoms with Crippen molar-refractivity contribution in [1.29, 1.82) is 0 Å². The molecule has 1 aliphatic heterocycles. The summed E-state index contributed by atoms with van der Waals surface area (Å²) in [5, 5.41) is 10.3. The number of carbonyl (C=O) groups is 1. The highest BCUT2D eigenvalue weighted by atomic mass is 16.5. The van der Waals surface area contributed by atoms with Gasteiger partial charge in [0.1, 0.15) is 18.5 Å². The van der Waals surface area contributed by atoms with Crippen molar-refractivity contribution in [2.24, 2.45) is 5.41 Å². The van der Waals surface area contributed by atoms with Gasteiger partial charge in [-0.1, -0.05) is 39.0 Å². The highest BCUT2D eigenvalue weighted by Gasteiger charge is 2.30. The molecule has 1 saturated heterocycles. The Labute approximate surface area is 151 Å². The second-order valence-corrected chi connectivity index (χ2v) is 8.03. The number of aliphatic hydroxyl groups excluding tert-OH is 1. The van der Waals surface area contributed by atoms with E-state index in [0.717, 1.165) is 43.1 Å². The molecule has 1 aromatic carbocycles. The van der Waals surface area contributed by atoms with E-state index in [1.807, 2.05) is 57.7 Å². The number of ether oxygens (including phenoxy) is 1. The van der Waals surface area contributed by atoms with E-state index in [-0.39, 0.29) is 17.9 Å². The molecule has 0 spiro atoms. The lowest BCUT2D eigenvalue weighted by Crippen LogP contribution is -2.53. The number of hydrogen-bond donors (Lipinski definition) is 1. The smallest absolute Gasteiger partial charge is 0.228 e. The van der Waals surface area contributed by atoms with Gasteiger partial charge in [-0.15, -0.1) is 0 Å². The van der Waals surface area contributed by atoms with Crippen LogP contribution in [0.1, 0.15) is 31.9 Å². The number of β-amino-alcohol motifs (C(OH)–C–C–N with tert-alkyl or cyclic N) is 1. The molecule has 0 saturated carbocycles. The number of aliphatic hydroxyl groups is 1. The van der Waals surface area contributed by atoms with Crippen molar-refractivity contribution in [2.75, 3.05) is 39.3 Å². The highest BCUT2D eigenvalue weighted by Crippen LogP contribution is 2.22. The third-order valence-corrected chi connectivity index (χ3v) is 4.60. The number of aryl methyl sites for hydroxylation is 2. The van der Waals surface area contributed by atoms with E-state index < -0.39 is 6.10 Å². The summed E-state index contributed by atoms with van der Waals surface area (Å²) in [5.41, 5.74) is 1.84. The van der Waals surface area contributed by atoms with Crippen molar-refractivity contribution in [1.82, 2.24) is 9.80 Å². The van der Waals surface area contributed by atoms with Gasteiger partial charge in [0.2, 0.25) is 5.91 Å². The highest BCUT2D eigenvalue weighted by molar-refractivity contribution is 5.81. The van der Waals surface area contributed by atoms with Crippen LogP contribution in [0.5, 0.6) is 5.75 Å². The largest absolute Gasteiger partial charge is 0.490 e. The number of piperazine rings is 1. The third kappa shape index (κ3) is 5.44. The summed E-state index contributed by atoms with van der Waals surface area (Å²) in [6, 6.07) is 6.03. The molecular formula is C20H32N2O3. The van der Waals surface area contributed by atoms with Gasteiger partial charge >= 0.3 is 0 Å². The van der Waals surface area contributed by atoms with Crippen LogP contribution in [0, 0.1) is 19.3 Å². The van der Waals surface area contributed by atoms with Gasteiger partial charge in [0.15, 0.2) is 0 Å². The molecule has 1 aliphatic rings. The zero-order valence-electron chi connectivity index (χ0n) is 16.2. The predicted octanol–water partition coefficient (Wildman–Crippen LogP) is 2.23. The van der Waals surface area contributed by atoms with E-state index in [1.54, 1.807) is 0 Å². The first-order chi connectivity index (χ1) is 11.7. The standard InChI is InChI=1S/C20H32N2O3/c1-15-7-6-8-16(2)18(15)25-14-17(23)13-21-9-11-22(12-10-21)19(24)20(3,4)5/h6-8,17,23H,9-14H2,1-5H3. The van der Waals surface area contributed by atoms with Crippen LogP contribution in [0.3, 0.4) is 0 Å². The molecule has 140 valence electrons. The van der Waals surface area contributed by atoms with Gasteiger partial charge in [-0.05, 0) is 25.0 Å². The Morgan fingerprint density at radius 2 is 1.72 bits per heavy atom. The summed E-state index contributed by atoms with van der Waals surface area (Å²) in [6.07, 6.45) is -0.538. The Kier molecular flexibility index (Phi) is 6.47. The normalized spacial score (nSPS) is 17.4. The average molecular weight is 348 g/mol. The summed E-state index contributed by atoms with van der Waals surface area (Å²) in [5.74, 6) is 1.06. The van der Waals surface area contributed by atoms with Gasteiger partial charge in [0, 0.05) is 38.1 Å². The van der Waals surface area contributed by atoms with Gasteiger partial charge in [-0.2, -0.15) is 0 Å². The molecule has 2 rings (SSSR count). The van der Waals surface area contributed by atoms with Gasteiger partial charge in [-0.3, -0.25) is 9.69 Å². The summed E-state index contributed by atoms with van der Waals surface area (Å²) in [6.45, 7) is 13.8. The van der Waals surface area contributed by atoms with Crippen LogP contribution >= 0.6 is 0 Å². The van der Waals surface area contributed by atoms with Crippen molar-refractivity contribution in [3.63, 3.8) is 0 Å². The Balaban J connectivity index is 1.77. The van der Waals surface area contributed by atoms with Crippen LogP contribution in [0.15, 0.2) is 18.2 Å². The maximum absolute atomic E-state index is 12.3. The SMILES string of the molecule is Cc1cccc(C)c1OCC(O)CN1CCN(C(=O)C(C)(C)C)CC1. The molecule has 1 fully saturated rings. The lowest BCUT2D eigenvalue weighted by atomic mass is 9.94. The second kappa shape index (κ2) is 8.19. The lowest BCUT2D eigenvalue weighted by molar-refractivity contribution is -0.141. The minimum absolute atomic E-state index is 0.200. The average Bonchev–Trinajstić information content (AvgIpc) is 2.53. The van der Waals surface area contributed by atoms with Crippen LogP contribution in [0.2, 0.25) is 0 Å². The Bertz CT molecular complexity index is 567. The maximum atomic E-state index is 12.3. The first kappa shape index (κ1) is 19.7. The fourth-order valence-electron chi connectivity index (χ4n) is 3.16. The molecule has 0 aromatic heterocycles. The monoisotopic (exact) mass is 348 g/mol. The molecule has 1 heterocycles. The molecule has 0 bridgehead atoms. The van der Waals surface area contributed by atoms with Crippen molar-refractivity contribution in [2.45, 2.75) is 40.7 Å². The van der Waals surface area contributed by atoms with Crippen molar-refractivity contribution < 1.29 is 14.6 Å². The van der Waals surface area contributed by atoms with Gasteiger partial charge in [-0.25, -0.2) is 0 Å². The Morgan fingerprint density at radius 3 is 2.24 bits per heavy atom. The fraction of sp³-hybridized carbons (Fsp3) is 0.650. The molecule has 0 aliphatic carbocycles. The number of carbonyl (C=O) groups excluding carboxylic acids is 1. The number of hydrogen-bond acceptors (Lipinski definition) is 4. The molecular weight excluding hydrogens is 316 g/mol. The minimum atomic E-state index is -0.538. The lowest BCUT2D eigenvalue weighted by Gasteiger charge is -2.38. The molecule has 1 amide bonds. The topological polar surface area (TPSA) is 53.0 Å². The Hall–Kier alpha value is -1.59. The molecule has 1 aromatic rings. The second-order valence-electron chi connectivity index (χ2n) is 8.03. The van der Waals surface area contributed by atoms with Crippen molar-refractivity contribution in [3.8, 4) is 5.75 Å². The number of para-hydroxylation sites is 1. The first-order valence-corrected chi connectivity index (χ1v) is 9.07. The molecule has 25 heavy (non-hydrogen) atoms. The molecule has 1 unspecified atom stereocenters. The van der Waals surface area contributed by atoms with Crippen LogP contribution in [-0.2, 0) is 4.79 Å². The van der Waals surface area contributed by atoms with E-state index >= 15 is 0 Å². The van der Waals surface area contributed by atoms with Gasteiger partial charge in [0.25, 0.3) is 0 Å². The predicted molar refractivity (Wildman–Crippen MR) is 99.9 cm³/mol. The Morgan fingerprint density at radius 1 is 1.16 bits per heavy atom. The van der Waals surface area contributed by atoms with Crippen LogP contribution in [0.4, 0.5) is 0 Å². The zero-order chi connectivity index (χ0) is 18.6. The molecule has 5 heteroatoms. The third-order valence-electron chi connectivity index (χ3n) is 4.60. The molecule has 5 nitrogen and oxygen atoms in total. The fourth-order valence-corrected chi connectivity index (χ4v) is 3.16. The molecule has 1 N–H and O–H groups in total. The minimum Gasteiger partial charge on any atom is -0.490 e. The first-order valence-electron chi connectivity index (χ1n) is 9.07. The van der Waals surface area contributed by atoms with E-state index in [1.165, 1.54) is 0 Å². The van der Waals surface area contributed by atoms with Gasteiger partial charge < -0.3 is 14.7 Å². The van der Waals surface area contributed by atoms with Crippen molar-refractivity contribution >= 4 is 5.91 Å². The molecule has 0 radical (unpaired) electrons.